The molecular formula is C19H26N4O2. The van der Waals surface area contributed by atoms with Crippen molar-refractivity contribution in [3.05, 3.63) is 42.2 Å². The number of benzene rings is 1. The van der Waals surface area contributed by atoms with E-state index in [-0.39, 0.29) is 17.6 Å². The second kappa shape index (κ2) is 6.86. The lowest BCUT2D eigenvalue weighted by atomic mass is 9.58. The van der Waals surface area contributed by atoms with E-state index in [1.54, 1.807) is 4.80 Å². The fourth-order valence-electron chi connectivity index (χ4n) is 4.23. The zero-order chi connectivity index (χ0) is 17.3. The molecule has 25 heavy (non-hydrogen) atoms. The van der Waals surface area contributed by atoms with E-state index in [1.807, 2.05) is 43.5 Å². The van der Waals surface area contributed by atoms with Crippen LogP contribution in [0.15, 0.2) is 36.5 Å². The first kappa shape index (κ1) is 16.7. The van der Waals surface area contributed by atoms with Crippen LogP contribution in [-0.2, 0) is 11.3 Å². The molecule has 0 amide bonds. The van der Waals surface area contributed by atoms with Crippen LogP contribution in [0.25, 0.3) is 5.69 Å². The molecule has 6 heteroatoms. The monoisotopic (exact) mass is 342 g/mol. The van der Waals surface area contributed by atoms with E-state index in [0.717, 1.165) is 56.9 Å². The van der Waals surface area contributed by atoms with Crippen LogP contribution in [0.2, 0.25) is 0 Å². The van der Waals surface area contributed by atoms with Gasteiger partial charge in [0.2, 0.25) is 0 Å². The highest BCUT2D eigenvalue weighted by Crippen LogP contribution is 2.51. The third kappa shape index (κ3) is 3.10. The van der Waals surface area contributed by atoms with Crippen LogP contribution in [-0.4, -0.2) is 56.9 Å². The standard InChI is InChI=1S/C19H26N4O2/c1-2-25-18-12-17(24)19(18)8-10-22(11-9-19)14-15-13-20-23(21-15)16-6-4-3-5-7-16/h3-7,13,17-18,24H,2,8-12,14H2,1H3. The molecule has 1 aromatic heterocycles. The van der Waals surface area contributed by atoms with E-state index in [1.165, 1.54) is 0 Å². The topological polar surface area (TPSA) is 63.4 Å². The van der Waals surface area contributed by atoms with Gasteiger partial charge in [-0.3, -0.25) is 4.90 Å². The van der Waals surface area contributed by atoms with E-state index >= 15 is 0 Å². The molecule has 1 saturated carbocycles. The number of aliphatic hydroxyl groups excluding tert-OH is 1. The van der Waals surface area contributed by atoms with Gasteiger partial charge in [0.05, 0.1) is 29.8 Å². The first-order valence-electron chi connectivity index (χ1n) is 9.20. The lowest BCUT2D eigenvalue weighted by Crippen LogP contribution is -2.62. The molecule has 2 unspecified atom stereocenters. The van der Waals surface area contributed by atoms with Crippen molar-refractivity contribution in [3.63, 3.8) is 0 Å². The van der Waals surface area contributed by atoms with Crippen LogP contribution >= 0.6 is 0 Å². The smallest absolute Gasteiger partial charge is 0.0971 e. The van der Waals surface area contributed by atoms with E-state index in [2.05, 4.69) is 15.1 Å². The second-order valence-corrected chi connectivity index (χ2v) is 7.17. The van der Waals surface area contributed by atoms with Crippen LogP contribution < -0.4 is 0 Å². The largest absolute Gasteiger partial charge is 0.392 e. The van der Waals surface area contributed by atoms with Gasteiger partial charge in [0.25, 0.3) is 0 Å². The zero-order valence-corrected chi connectivity index (χ0v) is 14.7. The van der Waals surface area contributed by atoms with Crippen LogP contribution in [0.4, 0.5) is 0 Å². The van der Waals surface area contributed by atoms with Crippen molar-refractivity contribution in [1.29, 1.82) is 0 Å². The fraction of sp³-hybridized carbons (Fsp3) is 0.579. The van der Waals surface area contributed by atoms with Crippen LogP contribution in [0.3, 0.4) is 0 Å². The lowest BCUT2D eigenvalue weighted by molar-refractivity contribution is -0.210. The van der Waals surface area contributed by atoms with Gasteiger partial charge in [-0.05, 0) is 45.0 Å². The summed E-state index contributed by atoms with van der Waals surface area (Å²) in [5.74, 6) is 0. The average Bonchev–Trinajstić information content (AvgIpc) is 3.11. The number of nitrogens with zero attached hydrogens (tertiary/aromatic N) is 4. The quantitative estimate of drug-likeness (QED) is 0.901. The highest BCUT2D eigenvalue weighted by Gasteiger charge is 2.55. The number of aromatic nitrogens is 3. The molecule has 0 bridgehead atoms. The minimum atomic E-state index is -0.204. The Morgan fingerprint density at radius 2 is 2.00 bits per heavy atom. The Hall–Kier alpha value is -1.76. The Labute approximate surface area is 148 Å². The summed E-state index contributed by atoms with van der Waals surface area (Å²) in [6, 6.07) is 9.96. The summed E-state index contributed by atoms with van der Waals surface area (Å²) < 4.78 is 5.84. The minimum absolute atomic E-state index is 0.0197. The van der Waals surface area contributed by atoms with Crippen molar-refractivity contribution < 1.29 is 9.84 Å². The molecule has 1 N–H and O–H groups in total. The summed E-state index contributed by atoms with van der Waals surface area (Å²) in [4.78, 5) is 4.08. The Kier molecular flexibility index (Phi) is 4.58. The van der Waals surface area contributed by atoms with Crippen LogP contribution in [0, 0.1) is 5.41 Å². The van der Waals surface area contributed by atoms with Gasteiger partial charge in [0.15, 0.2) is 0 Å². The number of piperidine rings is 1. The van der Waals surface area contributed by atoms with Crippen molar-refractivity contribution in [2.24, 2.45) is 5.41 Å². The predicted molar refractivity (Wildman–Crippen MR) is 94.3 cm³/mol. The molecule has 1 aliphatic carbocycles. The summed E-state index contributed by atoms with van der Waals surface area (Å²) in [7, 11) is 0. The van der Waals surface area contributed by atoms with Gasteiger partial charge in [-0.1, -0.05) is 18.2 Å². The SMILES string of the molecule is CCOC1CC(O)C12CCN(Cc1cnn(-c3ccccc3)n1)CC2. The average molecular weight is 342 g/mol. The maximum Gasteiger partial charge on any atom is 0.0971 e. The van der Waals surface area contributed by atoms with E-state index < -0.39 is 0 Å². The molecule has 1 saturated heterocycles. The van der Waals surface area contributed by atoms with Crippen LogP contribution in [0.5, 0.6) is 0 Å². The summed E-state index contributed by atoms with van der Waals surface area (Å²) >= 11 is 0. The Balaban J connectivity index is 1.36. The number of para-hydroxylation sites is 1. The van der Waals surface area contributed by atoms with E-state index in [0.29, 0.717) is 0 Å². The minimum Gasteiger partial charge on any atom is -0.392 e. The fourth-order valence-corrected chi connectivity index (χ4v) is 4.23. The first-order valence-corrected chi connectivity index (χ1v) is 9.20. The van der Waals surface area contributed by atoms with Gasteiger partial charge in [0, 0.05) is 25.0 Å². The molecule has 2 fully saturated rings. The first-order chi connectivity index (χ1) is 12.2. The number of likely N-dealkylation sites (tertiary alicyclic amines) is 1. The van der Waals surface area contributed by atoms with Crippen molar-refractivity contribution in [2.45, 2.75) is 44.9 Å². The molecule has 134 valence electrons. The molecule has 2 atom stereocenters. The van der Waals surface area contributed by atoms with Gasteiger partial charge < -0.3 is 9.84 Å². The van der Waals surface area contributed by atoms with Crippen LogP contribution in [0.1, 0.15) is 31.9 Å². The second-order valence-electron chi connectivity index (χ2n) is 7.17. The number of aliphatic hydroxyl groups is 1. The molecule has 1 spiro atoms. The van der Waals surface area contributed by atoms with Crippen molar-refractivity contribution in [3.8, 4) is 5.69 Å². The Morgan fingerprint density at radius 3 is 2.68 bits per heavy atom. The summed E-state index contributed by atoms with van der Waals surface area (Å²) in [6.07, 6.45) is 4.65. The van der Waals surface area contributed by atoms with Gasteiger partial charge >= 0.3 is 0 Å². The molecule has 2 heterocycles. The molecule has 1 aliphatic heterocycles. The van der Waals surface area contributed by atoms with Crippen molar-refractivity contribution >= 4 is 0 Å². The third-order valence-corrected chi connectivity index (χ3v) is 5.81. The molecule has 4 rings (SSSR count). The van der Waals surface area contributed by atoms with E-state index in [9.17, 15) is 5.11 Å². The van der Waals surface area contributed by atoms with Crippen molar-refractivity contribution in [2.75, 3.05) is 19.7 Å². The number of ether oxygens (including phenoxy) is 1. The number of hydrogen-bond donors (Lipinski definition) is 1. The lowest BCUT2D eigenvalue weighted by Gasteiger charge is -2.56. The molecular weight excluding hydrogens is 316 g/mol. The van der Waals surface area contributed by atoms with Gasteiger partial charge in [-0.15, -0.1) is 0 Å². The number of rotatable bonds is 5. The third-order valence-electron chi connectivity index (χ3n) is 5.81. The summed E-state index contributed by atoms with van der Waals surface area (Å²) in [5, 5.41) is 19.3. The summed E-state index contributed by atoms with van der Waals surface area (Å²) in [6.45, 7) is 5.50. The highest BCUT2D eigenvalue weighted by molar-refractivity contribution is 5.28. The molecule has 6 nitrogen and oxygen atoms in total. The molecule has 1 aromatic carbocycles. The zero-order valence-electron chi connectivity index (χ0n) is 14.7. The summed E-state index contributed by atoms with van der Waals surface area (Å²) in [5.41, 5.74) is 1.94. The molecule has 2 aromatic rings. The highest BCUT2D eigenvalue weighted by atomic mass is 16.5. The van der Waals surface area contributed by atoms with E-state index in [4.69, 9.17) is 4.74 Å². The van der Waals surface area contributed by atoms with Crippen molar-refractivity contribution in [1.82, 2.24) is 19.9 Å². The predicted octanol–water partition coefficient (Wildman–Crippen LogP) is 2.02. The molecule has 2 aliphatic rings. The maximum absolute atomic E-state index is 10.3. The van der Waals surface area contributed by atoms with Gasteiger partial charge in [0.1, 0.15) is 0 Å². The maximum atomic E-state index is 10.3. The Morgan fingerprint density at radius 1 is 1.24 bits per heavy atom. The Bertz CT molecular complexity index is 692. The number of hydrogen-bond acceptors (Lipinski definition) is 5. The van der Waals surface area contributed by atoms with Gasteiger partial charge in [-0.2, -0.15) is 15.0 Å². The molecule has 0 radical (unpaired) electrons. The normalized spacial score (nSPS) is 25.8. The van der Waals surface area contributed by atoms with Gasteiger partial charge in [-0.25, -0.2) is 0 Å².